The summed E-state index contributed by atoms with van der Waals surface area (Å²) in [6, 6.07) is 14.2. The summed E-state index contributed by atoms with van der Waals surface area (Å²) in [6.45, 7) is 1.49. The second kappa shape index (κ2) is 8.17. The van der Waals surface area contributed by atoms with Gasteiger partial charge in [0.1, 0.15) is 18.1 Å². The van der Waals surface area contributed by atoms with Crippen molar-refractivity contribution in [1.29, 1.82) is 0 Å². The van der Waals surface area contributed by atoms with Crippen LogP contribution in [0.1, 0.15) is 18.1 Å². The van der Waals surface area contributed by atoms with E-state index in [9.17, 15) is 14.7 Å². The van der Waals surface area contributed by atoms with Crippen molar-refractivity contribution in [3.05, 3.63) is 70.4 Å². The molecule has 24 heavy (non-hydrogen) atoms. The van der Waals surface area contributed by atoms with E-state index in [1.807, 2.05) is 18.2 Å². The number of ether oxygens (including phenoxy) is 1. The van der Waals surface area contributed by atoms with Crippen molar-refractivity contribution in [2.75, 3.05) is 0 Å². The minimum atomic E-state index is -1.23. The van der Waals surface area contributed by atoms with E-state index in [0.29, 0.717) is 16.3 Å². The van der Waals surface area contributed by atoms with Gasteiger partial charge in [-0.2, -0.15) is 0 Å². The molecule has 2 rings (SSSR count). The van der Waals surface area contributed by atoms with Gasteiger partial charge in [-0.05, 0) is 18.2 Å². The number of nitrogens with one attached hydrogen (secondary N) is 1. The van der Waals surface area contributed by atoms with Crippen molar-refractivity contribution >= 4 is 29.6 Å². The second-order valence-corrected chi connectivity index (χ2v) is 5.37. The molecule has 1 amide bonds. The molecular weight excluding hydrogens is 330 g/mol. The number of benzene rings is 2. The zero-order chi connectivity index (χ0) is 17.5. The number of carbonyl (C=O) groups is 2. The Morgan fingerprint density at radius 2 is 1.83 bits per heavy atom. The van der Waals surface area contributed by atoms with Crippen LogP contribution in [0, 0.1) is 0 Å². The largest absolute Gasteiger partial charge is 0.488 e. The lowest BCUT2D eigenvalue weighted by atomic mass is 10.1. The first kappa shape index (κ1) is 17.6. The van der Waals surface area contributed by atoms with Crippen molar-refractivity contribution in [3.8, 4) is 5.75 Å². The third-order valence-corrected chi connectivity index (χ3v) is 3.47. The molecule has 0 atom stereocenters. The maximum atomic E-state index is 11.2. The molecule has 0 saturated carbocycles. The quantitative estimate of drug-likeness (QED) is 0.786. The molecule has 2 aromatic carbocycles. The standard InChI is InChI=1S/C18H16ClNO4/c1-12(21)20-16(18(22)23)10-13-6-3-5-9-17(13)24-11-14-7-2-4-8-15(14)19/h2-10H,11H2,1H3,(H,20,21)(H,22,23)/b16-10+. The molecule has 0 saturated heterocycles. The Labute approximate surface area is 144 Å². The first-order chi connectivity index (χ1) is 11.5. The highest BCUT2D eigenvalue weighted by molar-refractivity contribution is 6.31. The fourth-order valence-electron chi connectivity index (χ4n) is 2.00. The second-order valence-electron chi connectivity index (χ2n) is 4.96. The summed E-state index contributed by atoms with van der Waals surface area (Å²) >= 11 is 6.10. The van der Waals surface area contributed by atoms with Crippen LogP contribution < -0.4 is 10.1 Å². The topological polar surface area (TPSA) is 75.6 Å². The Bertz CT molecular complexity index is 786. The van der Waals surface area contributed by atoms with Crippen LogP contribution in [0.3, 0.4) is 0 Å². The summed E-state index contributed by atoms with van der Waals surface area (Å²) in [5.41, 5.74) is 1.13. The molecule has 5 nitrogen and oxygen atoms in total. The fraction of sp³-hybridized carbons (Fsp3) is 0.111. The van der Waals surface area contributed by atoms with E-state index in [-0.39, 0.29) is 12.3 Å². The van der Waals surface area contributed by atoms with Gasteiger partial charge >= 0.3 is 5.97 Å². The number of rotatable bonds is 6. The summed E-state index contributed by atoms with van der Waals surface area (Å²) in [6.07, 6.45) is 1.35. The number of hydrogen-bond donors (Lipinski definition) is 2. The van der Waals surface area contributed by atoms with E-state index in [2.05, 4.69) is 5.32 Å². The first-order valence-corrected chi connectivity index (χ1v) is 7.53. The Hall–Kier alpha value is -2.79. The SMILES string of the molecule is CC(=O)N/C(=C/c1ccccc1OCc1ccccc1Cl)C(=O)O. The maximum Gasteiger partial charge on any atom is 0.352 e. The zero-order valence-corrected chi connectivity index (χ0v) is 13.7. The van der Waals surface area contributed by atoms with Crippen LogP contribution in [0.15, 0.2) is 54.2 Å². The molecule has 0 aliphatic heterocycles. The molecule has 0 fully saturated rings. The zero-order valence-electron chi connectivity index (χ0n) is 13.0. The van der Waals surface area contributed by atoms with Crippen LogP contribution in [0.5, 0.6) is 5.75 Å². The number of carboxylic acid groups (broad SMARTS) is 1. The number of aliphatic carboxylic acids is 1. The number of carbonyl (C=O) groups excluding carboxylic acids is 1. The van der Waals surface area contributed by atoms with E-state index in [1.165, 1.54) is 13.0 Å². The Balaban J connectivity index is 2.25. The third kappa shape index (κ3) is 4.86. The van der Waals surface area contributed by atoms with Crippen molar-refractivity contribution < 1.29 is 19.4 Å². The van der Waals surface area contributed by atoms with E-state index in [4.69, 9.17) is 16.3 Å². The van der Waals surface area contributed by atoms with Crippen molar-refractivity contribution in [3.63, 3.8) is 0 Å². The molecule has 0 aromatic heterocycles. The highest BCUT2D eigenvalue weighted by Crippen LogP contribution is 2.23. The first-order valence-electron chi connectivity index (χ1n) is 7.15. The fourth-order valence-corrected chi connectivity index (χ4v) is 2.19. The average Bonchev–Trinajstić information content (AvgIpc) is 2.54. The number of para-hydroxylation sites is 1. The van der Waals surface area contributed by atoms with Crippen LogP contribution in [0.4, 0.5) is 0 Å². The molecule has 0 heterocycles. The molecule has 0 bridgehead atoms. The number of halogens is 1. The van der Waals surface area contributed by atoms with Crippen molar-refractivity contribution in [2.45, 2.75) is 13.5 Å². The normalized spacial score (nSPS) is 11.0. The Morgan fingerprint density at radius 3 is 2.50 bits per heavy atom. The molecule has 2 aromatic rings. The lowest BCUT2D eigenvalue weighted by Crippen LogP contribution is -2.24. The molecule has 0 spiro atoms. The molecule has 6 heteroatoms. The Morgan fingerprint density at radius 1 is 1.17 bits per heavy atom. The summed E-state index contributed by atoms with van der Waals surface area (Å²) < 4.78 is 5.75. The summed E-state index contributed by atoms with van der Waals surface area (Å²) in [5.74, 6) is -1.20. The van der Waals surface area contributed by atoms with Gasteiger partial charge in [0.05, 0.1) is 0 Å². The van der Waals surface area contributed by atoms with Crippen LogP contribution >= 0.6 is 11.6 Å². The van der Waals surface area contributed by atoms with Crippen molar-refractivity contribution in [1.82, 2.24) is 5.32 Å². The molecule has 2 N–H and O–H groups in total. The van der Waals surface area contributed by atoms with Crippen LogP contribution in [-0.2, 0) is 16.2 Å². The van der Waals surface area contributed by atoms with E-state index in [1.54, 1.807) is 30.3 Å². The number of hydrogen-bond acceptors (Lipinski definition) is 3. The minimum Gasteiger partial charge on any atom is -0.488 e. The van der Waals surface area contributed by atoms with Gasteiger partial charge in [0.15, 0.2) is 0 Å². The van der Waals surface area contributed by atoms with Crippen LogP contribution in [0.25, 0.3) is 6.08 Å². The van der Waals surface area contributed by atoms with Crippen LogP contribution in [0.2, 0.25) is 5.02 Å². The van der Waals surface area contributed by atoms with Gasteiger partial charge in [0.2, 0.25) is 5.91 Å². The van der Waals surface area contributed by atoms with Gasteiger partial charge in [-0.15, -0.1) is 0 Å². The predicted octanol–water partition coefficient (Wildman–Crippen LogP) is 3.48. The number of amides is 1. The number of carboxylic acids is 1. The van der Waals surface area contributed by atoms with Gasteiger partial charge < -0.3 is 15.2 Å². The summed E-state index contributed by atoms with van der Waals surface area (Å²) in [7, 11) is 0. The van der Waals surface area contributed by atoms with Crippen LogP contribution in [-0.4, -0.2) is 17.0 Å². The lowest BCUT2D eigenvalue weighted by molar-refractivity contribution is -0.134. The van der Waals surface area contributed by atoms with Crippen molar-refractivity contribution in [2.24, 2.45) is 0 Å². The summed E-state index contributed by atoms with van der Waals surface area (Å²) in [5, 5.41) is 12.1. The van der Waals surface area contributed by atoms with E-state index >= 15 is 0 Å². The van der Waals surface area contributed by atoms with Gasteiger partial charge in [-0.3, -0.25) is 4.79 Å². The monoisotopic (exact) mass is 345 g/mol. The van der Waals surface area contributed by atoms with Gasteiger partial charge in [-0.1, -0.05) is 48.0 Å². The molecule has 0 unspecified atom stereocenters. The lowest BCUT2D eigenvalue weighted by Gasteiger charge is -2.11. The smallest absolute Gasteiger partial charge is 0.352 e. The maximum absolute atomic E-state index is 11.2. The van der Waals surface area contributed by atoms with Gasteiger partial charge in [0.25, 0.3) is 0 Å². The predicted molar refractivity (Wildman–Crippen MR) is 91.7 cm³/mol. The van der Waals surface area contributed by atoms with Gasteiger partial charge in [0, 0.05) is 23.1 Å². The molecule has 0 aliphatic rings. The third-order valence-electron chi connectivity index (χ3n) is 3.10. The highest BCUT2D eigenvalue weighted by atomic mass is 35.5. The highest BCUT2D eigenvalue weighted by Gasteiger charge is 2.11. The molecular formula is C18H16ClNO4. The Kier molecular flexibility index (Phi) is 5.98. The summed E-state index contributed by atoms with van der Waals surface area (Å²) in [4.78, 5) is 22.4. The average molecular weight is 346 g/mol. The molecule has 0 radical (unpaired) electrons. The molecule has 124 valence electrons. The van der Waals surface area contributed by atoms with Gasteiger partial charge in [-0.25, -0.2) is 4.79 Å². The molecule has 0 aliphatic carbocycles. The van der Waals surface area contributed by atoms with E-state index in [0.717, 1.165) is 5.56 Å². The van der Waals surface area contributed by atoms with E-state index < -0.39 is 11.9 Å². The minimum absolute atomic E-state index is 0.226.